The maximum Gasteiger partial charge on any atom is 0.253 e. The molecule has 9 heteroatoms. The van der Waals surface area contributed by atoms with Crippen molar-refractivity contribution in [3.05, 3.63) is 52.1 Å². The van der Waals surface area contributed by atoms with E-state index in [2.05, 4.69) is 10.3 Å². The number of rotatable bonds is 2. The van der Waals surface area contributed by atoms with Gasteiger partial charge >= 0.3 is 0 Å². The quantitative estimate of drug-likeness (QED) is 0.739. The molecule has 0 aromatic carbocycles. The Bertz CT molecular complexity index is 1080. The molecule has 3 aromatic rings. The average molecular weight is 376 g/mol. The number of nitrogens with zero attached hydrogens (tertiary/aromatic N) is 3. The average Bonchev–Trinajstić information content (AvgIpc) is 3.18. The first-order valence-electron chi connectivity index (χ1n) is 7.66. The molecule has 1 aliphatic rings. The summed E-state index contributed by atoms with van der Waals surface area (Å²) in [5, 5.41) is 4.69. The number of hydrogen-bond acceptors (Lipinski definition) is 5. The van der Waals surface area contributed by atoms with E-state index in [9.17, 15) is 13.2 Å². The van der Waals surface area contributed by atoms with E-state index in [1.165, 1.54) is 22.7 Å². The minimum absolute atomic E-state index is 0.216. The van der Waals surface area contributed by atoms with Crippen molar-refractivity contribution in [2.45, 2.75) is 17.9 Å². The summed E-state index contributed by atoms with van der Waals surface area (Å²) in [6, 6.07) is 4.73. The van der Waals surface area contributed by atoms with Gasteiger partial charge in [0.25, 0.3) is 5.91 Å². The Kier molecular flexibility index (Phi) is 3.67. The summed E-state index contributed by atoms with van der Waals surface area (Å²) in [7, 11) is -1.93. The van der Waals surface area contributed by atoms with E-state index in [1.807, 2.05) is 13.1 Å². The van der Waals surface area contributed by atoms with Gasteiger partial charge in [-0.15, -0.1) is 11.3 Å². The molecule has 1 atom stereocenters. The molecule has 0 aliphatic carbocycles. The minimum Gasteiger partial charge on any atom is -0.343 e. The molecule has 1 N–H and O–H groups in total. The van der Waals surface area contributed by atoms with E-state index < -0.39 is 10.0 Å². The number of imidazole rings is 1. The molecule has 0 unspecified atom stereocenters. The first-order chi connectivity index (χ1) is 11.9. The number of pyridine rings is 1. The number of nitrogens with one attached hydrogen (secondary N) is 1. The van der Waals surface area contributed by atoms with Crippen LogP contribution in [-0.4, -0.2) is 41.6 Å². The van der Waals surface area contributed by atoms with E-state index in [4.69, 9.17) is 0 Å². The van der Waals surface area contributed by atoms with Crippen LogP contribution in [0.15, 0.2) is 40.9 Å². The van der Waals surface area contributed by atoms with Gasteiger partial charge in [-0.3, -0.25) is 4.79 Å². The first-order valence-corrected chi connectivity index (χ1v) is 9.98. The lowest BCUT2D eigenvalue weighted by Gasteiger charge is -2.29. The normalized spacial score (nSPS) is 19.7. The number of thiophene rings is 1. The standard InChI is InChI=1S/C16H16N4O3S2/c1-10-7-20-8-11(3-4-14(20)17-10)16(21)18-12-9-19(2)25(22,23)13-5-6-24-15(12)13/h3-8,12H,9H2,1-2H3,(H,18,21)/t12-/m0/s1. The third kappa shape index (κ3) is 2.64. The minimum atomic E-state index is -3.46. The molecule has 0 fully saturated rings. The molecule has 0 saturated heterocycles. The highest BCUT2D eigenvalue weighted by molar-refractivity contribution is 7.89. The Balaban J connectivity index is 1.64. The predicted octanol–water partition coefficient (Wildman–Crippen LogP) is 1.81. The maximum atomic E-state index is 12.7. The number of likely N-dealkylation sites (N-methyl/N-ethyl adjacent to an activating group) is 1. The lowest BCUT2D eigenvalue weighted by atomic mass is 10.2. The summed E-state index contributed by atoms with van der Waals surface area (Å²) in [6.07, 6.45) is 3.58. The number of carbonyl (C=O) groups is 1. The third-order valence-electron chi connectivity index (χ3n) is 4.24. The van der Waals surface area contributed by atoms with Crippen molar-refractivity contribution >= 4 is 32.9 Å². The summed E-state index contributed by atoms with van der Waals surface area (Å²) >= 11 is 1.35. The lowest BCUT2D eigenvalue weighted by Crippen LogP contribution is -2.42. The fourth-order valence-electron chi connectivity index (χ4n) is 2.99. The molecule has 25 heavy (non-hydrogen) atoms. The van der Waals surface area contributed by atoms with Crippen molar-refractivity contribution in [3.8, 4) is 0 Å². The number of aryl methyl sites for hydroxylation is 1. The highest BCUT2D eigenvalue weighted by atomic mass is 32.2. The second-order valence-corrected chi connectivity index (χ2v) is 8.99. The SMILES string of the molecule is Cc1cn2cc(C(=O)N[C@H]3CN(C)S(=O)(=O)c4ccsc43)ccc2n1. The number of amides is 1. The number of carbonyl (C=O) groups excluding carboxylic acids is 1. The number of sulfonamides is 1. The summed E-state index contributed by atoms with van der Waals surface area (Å²) < 4.78 is 27.7. The van der Waals surface area contributed by atoms with Crippen LogP contribution in [-0.2, 0) is 10.0 Å². The second kappa shape index (κ2) is 5.65. The van der Waals surface area contributed by atoms with Crippen molar-refractivity contribution in [3.63, 3.8) is 0 Å². The van der Waals surface area contributed by atoms with Crippen molar-refractivity contribution in [2.75, 3.05) is 13.6 Å². The van der Waals surface area contributed by atoms with Gasteiger partial charge in [-0.25, -0.2) is 13.4 Å². The van der Waals surface area contributed by atoms with Crippen LogP contribution in [0.1, 0.15) is 27.0 Å². The fourth-order valence-corrected chi connectivity index (χ4v) is 5.68. The highest BCUT2D eigenvalue weighted by Gasteiger charge is 2.36. The summed E-state index contributed by atoms with van der Waals surface area (Å²) in [6.45, 7) is 2.11. The van der Waals surface area contributed by atoms with Crippen LogP contribution in [0, 0.1) is 6.92 Å². The zero-order valence-corrected chi connectivity index (χ0v) is 15.3. The van der Waals surface area contributed by atoms with Crippen molar-refractivity contribution < 1.29 is 13.2 Å². The van der Waals surface area contributed by atoms with Crippen molar-refractivity contribution in [2.24, 2.45) is 0 Å². The maximum absolute atomic E-state index is 12.7. The predicted molar refractivity (Wildman–Crippen MR) is 94.3 cm³/mol. The van der Waals surface area contributed by atoms with Gasteiger partial charge in [0.05, 0.1) is 22.2 Å². The molecule has 130 valence electrons. The number of hydrogen-bond donors (Lipinski definition) is 1. The van der Waals surface area contributed by atoms with Gasteiger partial charge in [0.2, 0.25) is 10.0 Å². The monoisotopic (exact) mass is 376 g/mol. The molecule has 0 bridgehead atoms. The van der Waals surface area contributed by atoms with E-state index in [0.29, 0.717) is 10.4 Å². The first kappa shape index (κ1) is 16.2. The fraction of sp³-hybridized carbons (Fsp3) is 0.250. The zero-order valence-electron chi connectivity index (χ0n) is 13.6. The molecule has 1 aliphatic heterocycles. The Hall–Kier alpha value is -2.23. The van der Waals surface area contributed by atoms with Gasteiger partial charge in [-0.05, 0) is 30.5 Å². The summed E-state index contributed by atoms with van der Waals surface area (Å²) in [5.41, 5.74) is 2.15. The Morgan fingerprint density at radius 3 is 2.92 bits per heavy atom. The lowest BCUT2D eigenvalue weighted by molar-refractivity contribution is 0.0931. The molecule has 7 nitrogen and oxygen atoms in total. The van der Waals surface area contributed by atoms with Crippen molar-refractivity contribution in [1.29, 1.82) is 0 Å². The summed E-state index contributed by atoms with van der Waals surface area (Å²) in [4.78, 5) is 17.9. The molecule has 1 amide bonds. The molecular formula is C16H16N4O3S2. The number of fused-ring (bicyclic) bond motifs is 2. The highest BCUT2D eigenvalue weighted by Crippen LogP contribution is 2.35. The molecule has 0 saturated carbocycles. The van der Waals surface area contributed by atoms with Gasteiger partial charge in [0, 0.05) is 30.9 Å². The van der Waals surface area contributed by atoms with Crippen LogP contribution >= 0.6 is 11.3 Å². The van der Waals surface area contributed by atoms with Crippen LogP contribution in [0.5, 0.6) is 0 Å². The van der Waals surface area contributed by atoms with E-state index in [0.717, 1.165) is 11.3 Å². The van der Waals surface area contributed by atoms with E-state index >= 15 is 0 Å². The Labute approximate surface area is 149 Å². The Morgan fingerprint density at radius 1 is 1.32 bits per heavy atom. The molecular weight excluding hydrogens is 360 g/mol. The van der Waals surface area contributed by atoms with Gasteiger partial charge in [-0.1, -0.05) is 0 Å². The Morgan fingerprint density at radius 2 is 2.12 bits per heavy atom. The van der Waals surface area contributed by atoms with Crippen LogP contribution in [0.2, 0.25) is 0 Å². The van der Waals surface area contributed by atoms with Crippen LogP contribution < -0.4 is 5.32 Å². The second-order valence-electron chi connectivity index (χ2n) is 6.03. The molecule has 0 radical (unpaired) electrons. The van der Waals surface area contributed by atoms with Crippen LogP contribution in [0.4, 0.5) is 0 Å². The molecule has 0 spiro atoms. The van der Waals surface area contributed by atoms with Crippen molar-refractivity contribution in [1.82, 2.24) is 19.0 Å². The van der Waals surface area contributed by atoms with E-state index in [1.54, 1.807) is 34.2 Å². The van der Waals surface area contributed by atoms with Gasteiger partial charge in [0.15, 0.2) is 0 Å². The van der Waals surface area contributed by atoms with Crippen LogP contribution in [0.3, 0.4) is 0 Å². The molecule has 4 rings (SSSR count). The van der Waals surface area contributed by atoms with Gasteiger partial charge in [0.1, 0.15) is 5.65 Å². The van der Waals surface area contributed by atoms with Gasteiger partial charge < -0.3 is 9.72 Å². The summed E-state index contributed by atoms with van der Waals surface area (Å²) in [5.74, 6) is -0.245. The zero-order chi connectivity index (χ0) is 17.8. The van der Waals surface area contributed by atoms with Crippen LogP contribution in [0.25, 0.3) is 5.65 Å². The third-order valence-corrected chi connectivity index (χ3v) is 7.28. The number of aromatic nitrogens is 2. The topological polar surface area (TPSA) is 83.8 Å². The molecule has 4 heterocycles. The van der Waals surface area contributed by atoms with Gasteiger partial charge in [-0.2, -0.15) is 4.31 Å². The largest absolute Gasteiger partial charge is 0.343 e. The molecule has 3 aromatic heterocycles. The smallest absolute Gasteiger partial charge is 0.253 e. The van der Waals surface area contributed by atoms with E-state index in [-0.39, 0.29) is 23.4 Å².